The number of amides is 3. The number of rotatable bonds is 5. The lowest BCUT2D eigenvalue weighted by molar-refractivity contribution is -0.140. The first-order valence-electron chi connectivity index (χ1n) is 9.83. The van der Waals surface area contributed by atoms with E-state index in [1.165, 1.54) is 0 Å². The van der Waals surface area contributed by atoms with Crippen molar-refractivity contribution in [1.29, 1.82) is 0 Å². The van der Waals surface area contributed by atoms with E-state index in [1.807, 2.05) is 30.3 Å². The summed E-state index contributed by atoms with van der Waals surface area (Å²) >= 11 is 0. The maximum Gasteiger partial charge on any atom is 0.409 e. The van der Waals surface area contributed by atoms with Crippen LogP contribution in [0.3, 0.4) is 0 Å². The van der Waals surface area contributed by atoms with Gasteiger partial charge in [0.2, 0.25) is 11.8 Å². The number of piperazine rings is 2. The van der Waals surface area contributed by atoms with Crippen molar-refractivity contribution < 1.29 is 19.1 Å². The van der Waals surface area contributed by atoms with E-state index in [-0.39, 0.29) is 24.3 Å². The summed E-state index contributed by atoms with van der Waals surface area (Å²) in [5, 5.41) is 2.87. The van der Waals surface area contributed by atoms with E-state index in [0.29, 0.717) is 45.9 Å². The van der Waals surface area contributed by atoms with Crippen molar-refractivity contribution >= 4 is 17.9 Å². The molecule has 1 unspecified atom stereocenters. The quantitative estimate of drug-likeness (QED) is 0.802. The van der Waals surface area contributed by atoms with Crippen molar-refractivity contribution in [2.24, 2.45) is 0 Å². The highest BCUT2D eigenvalue weighted by molar-refractivity contribution is 5.89. The van der Waals surface area contributed by atoms with Crippen LogP contribution in [-0.4, -0.2) is 84.5 Å². The number of nitrogens with zero attached hydrogens (tertiary/aromatic N) is 3. The highest BCUT2D eigenvalue weighted by atomic mass is 16.6. The second-order valence-corrected chi connectivity index (χ2v) is 7.03. The van der Waals surface area contributed by atoms with Crippen LogP contribution >= 0.6 is 0 Å². The molecule has 2 saturated heterocycles. The van der Waals surface area contributed by atoms with Gasteiger partial charge >= 0.3 is 6.09 Å². The number of carbonyl (C=O) groups excluding carboxylic acids is 3. The molecule has 1 aromatic carbocycles. The third-order valence-electron chi connectivity index (χ3n) is 5.20. The molecule has 28 heavy (non-hydrogen) atoms. The smallest absolute Gasteiger partial charge is 0.409 e. The van der Waals surface area contributed by atoms with Crippen LogP contribution in [0.25, 0.3) is 0 Å². The molecule has 3 rings (SSSR count). The lowest BCUT2D eigenvalue weighted by atomic mass is 10.1. The predicted molar refractivity (Wildman–Crippen MR) is 103 cm³/mol. The summed E-state index contributed by atoms with van der Waals surface area (Å²) in [6, 6.07) is 9.50. The molecule has 8 heteroatoms. The van der Waals surface area contributed by atoms with E-state index in [4.69, 9.17) is 4.74 Å². The Bertz CT molecular complexity index is 689. The van der Waals surface area contributed by atoms with E-state index in [9.17, 15) is 14.4 Å². The van der Waals surface area contributed by atoms with Crippen LogP contribution in [-0.2, 0) is 20.9 Å². The molecular formula is C20H28N4O4. The van der Waals surface area contributed by atoms with Gasteiger partial charge in [0.05, 0.1) is 19.1 Å². The number of ether oxygens (including phenoxy) is 1. The molecule has 0 aromatic heterocycles. The van der Waals surface area contributed by atoms with Crippen LogP contribution in [0.15, 0.2) is 30.3 Å². The van der Waals surface area contributed by atoms with Gasteiger partial charge in [-0.3, -0.25) is 14.5 Å². The summed E-state index contributed by atoms with van der Waals surface area (Å²) in [5.41, 5.74) is 1.12. The number of hydrogen-bond acceptors (Lipinski definition) is 5. The van der Waals surface area contributed by atoms with E-state index in [1.54, 1.807) is 16.7 Å². The molecule has 0 saturated carbocycles. The highest BCUT2D eigenvalue weighted by Gasteiger charge is 2.34. The molecule has 1 aromatic rings. The topological polar surface area (TPSA) is 82.2 Å². The van der Waals surface area contributed by atoms with E-state index in [0.717, 1.165) is 12.1 Å². The molecule has 1 N–H and O–H groups in total. The second kappa shape index (κ2) is 9.54. The molecule has 3 amide bonds. The minimum absolute atomic E-state index is 0.0522. The first-order valence-corrected chi connectivity index (χ1v) is 9.83. The number of nitrogens with one attached hydrogen (secondary N) is 1. The van der Waals surface area contributed by atoms with Gasteiger partial charge in [0, 0.05) is 45.8 Å². The zero-order valence-corrected chi connectivity index (χ0v) is 16.3. The summed E-state index contributed by atoms with van der Waals surface area (Å²) in [4.78, 5) is 42.4. The maximum absolute atomic E-state index is 12.8. The molecule has 8 nitrogen and oxygen atoms in total. The van der Waals surface area contributed by atoms with Crippen LogP contribution < -0.4 is 5.32 Å². The van der Waals surface area contributed by atoms with Crippen LogP contribution in [0.1, 0.15) is 18.9 Å². The van der Waals surface area contributed by atoms with Crippen molar-refractivity contribution in [2.45, 2.75) is 25.9 Å². The lowest BCUT2D eigenvalue weighted by Crippen LogP contribution is -2.57. The highest BCUT2D eigenvalue weighted by Crippen LogP contribution is 2.16. The van der Waals surface area contributed by atoms with E-state index in [2.05, 4.69) is 10.2 Å². The van der Waals surface area contributed by atoms with Gasteiger partial charge in [0.1, 0.15) is 0 Å². The average molecular weight is 388 g/mol. The molecule has 0 bridgehead atoms. The zero-order chi connectivity index (χ0) is 19.9. The third-order valence-corrected chi connectivity index (χ3v) is 5.20. The van der Waals surface area contributed by atoms with Crippen molar-refractivity contribution in [3.05, 3.63) is 35.9 Å². The Balaban J connectivity index is 1.56. The van der Waals surface area contributed by atoms with Gasteiger partial charge in [0.15, 0.2) is 0 Å². The lowest BCUT2D eigenvalue weighted by Gasteiger charge is -2.38. The number of hydrogen-bond donors (Lipinski definition) is 1. The van der Waals surface area contributed by atoms with Crippen LogP contribution in [0, 0.1) is 0 Å². The summed E-state index contributed by atoms with van der Waals surface area (Å²) in [6.07, 6.45) is -0.187. The fraction of sp³-hybridized carbons (Fsp3) is 0.550. The Morgan fingerprint density at radius 3 is 2.43 bits per heavy atom. The molecule has 2 heterocycles. The summed E-state index contributed by atoms with van der Waals surface area (Å²) in [5.74, 6) is -0.149. The van der Waals surface area contributed by atoms with Gasteiger partial charge in [-0.15, -0.1) is 0 Å². The normalized spacial score (nSPS) is 20.6. The minimum atomic E-state index is -0.468. The molecule has 2 fully saturated rings. The fourth-order valence-electron chi connectivity index (χ4n) is 3.64. The largest absolute Gasteiger partial charge is 0.450 e. The Hall–Kier alpha value is -2.61. The van der Waals surface area contributed by atoms with Crippen molar-refractivity contribution in [1.82, 2.24) is 20.0 Å². The zero-order valence-electron chi connectivity index (χ0n) is 16.3. The standard InChI is InChI=1S/C20H28N4O4/c1-2-28-20(27)23-12-10-22(11-13-23)18(25)14-17-19(26)21-8-9-24(17)15-16-6-4-3-5-7-16/h3-7,17H,2,8-15H2,1H3,(H,21,26). The SMILES string of the molecule is CCOC(=O)N1CCN(C(=O)CC2C(=O)NCCN2Cc2ccccc2)CC1. The minimum Gasteiger partial charge on any atom is -0.450 e. The Kier molecular flexibility index (Phi) is 6.86. The van der Waals surface area contributed by atoms with Gasteiger partial charge < -0.3 is 19.9 Å². The molecule has 0 aliphatic carbocycles. The molecule has 2 aliphatic rings. The van der Waals surface area contributed by atoms with Crippen molar-refractivity contribution in [3.8, 4) is 0 Å². The Morgan fingerprint density at radius 1 is 1.07 bits per heavy atom. The van der Waals surface area contributed by atoms with Crippen LogP contribution in [0.4, 0.5) is 4.79 Å². The first-order chi connectivity index (χ1) is 13.6. The fourth-order valence-corrected chi connectivity index (χ4v) is 3.64. The maximum atomic E-state index is 12.8. The first kappa shape index (κ1) is 20.1. The molecule has 2 aliphatic heterocycles. The molecule has 152 valence electrons. The molecular weight excluding hydrogens is 360 g/mol. The van der Waals surface area contributed by atoms with Gasteiger partial charge in [-0.2, -0.15) is 0 Å². The molecule has 0 spiro atoms. The predicted octanol–water partition coefficient (Wildman–Crippen LogP) is 0.678. The molecule has 1 atom stereocenters. The summed E-state index contributed by atoms with van der Waals surface area (Å²) in [7, 11) is 0. The average Bonchev–Trinajstić information content (AvgIpc) is 2.71. The van der Waals surface area contributed by atoms with Crippen LogP contribution in [0.5, 0.6) is 0 Å². The number of benzene rings is 1. The van der Waals surface area contributed by atoms with Gasteiger partial charge in [-0.1, -0.05) is 30.3 Å². The van der Waals surface area contributed by atoms with Gasteiger partial charge in [-0.05, 0) is 12.5 Å². The summed E-state index contributed by atoms with van der Waals surface area (Å²) in [6.45, 7) is 5.90. The van der Waals surface area contributed by atoms with Gasteiger partial charge in [-0.25, -0.2) is 4.79 Å². The van der Waals surface area contributed by atoms with Crippen molar-refractivity contribution in [2.75, 3.05) is 45.9 Å². The summed E-state index contributed by atoms with van der Waals surface area (Å²) < 4.78 is 5.01. The van der Waals surface area contributed by atoms with Crippen molar-refractivity contribution in [3.63, 3.8) is 0 Å². The van der Waals surface area contributed by atoms with E-state index < -0.39 is 6.04 Å². The number of carbonyl (C=O) groups is 3. The van der Waals surface area contributed by atoms with Crippen LogP contribution in [0.2, 0.25) is 0 Å². The third kappa shape index (κ3) is 5.01. The Morgan fingerprint density at radius 2 is 1.75 bits per heavy atom. The van der Waals surface area contributed by atoms with Gasteiger partial charge in [0.25, 0.3) is 0 Å². The van der Waals surface area contributed by atoms with E-state index >= 15 is 0 Å². The molecule has 0 radical (unpaired) electrons. The Labute approximate surface area is 165 Å². The second-order valence-electron chi connectivity index (χ2n) is 7.03. The monoisotopic (exact) mass is 388 g/mol.